The van der Waals surface area contributed by atoms with E-state index in [2.05, 4.69) is 51.0 Å². The van der Waals surface area contributed by atoms with E-state index in [1.807, 2.05) is 12.1 Å². The summed E-state index contributed by atoms with van der Waals surface area (Å²) >= 11 is 6.87. The van der Waals surface area contributed by atoms with Crippen molar-refractivity contribution in [2.24, 2.45) is 5.92 Å². The molecule has 0 aliphatic carbocycles. The predicted molar refractivity (Wildman–Crippen MR) is 127 cm³/mol. The molecule has 30 heavy (non-hydrogen) atoms. The maximum Gasteiger partial charge on any atom is 0.243 e. The van der Waals surface area contributed by atoms with E-state index in [0.29, 0.717) is 19.4 Å². The zero-order valence-electron chi connectivity index (χ0n) is 17.1. The molecule has 1 fully saturated rings. The average Bonchev–Trinajstić information content (AvgIpc) is 2.74. The number of nitrogens with zero attached hydrogens (tertiary/aromatic N) is 1. The second-order valence-electron chi connectivity index (χ2n) is 7.45. The Bertz CT molecular complexity index is 998. The highest BCUT2D eigenvalue weighted by atomic mass is 79.9. The van der Waals surface area contributed by atoms with Crippen molar-refractivity contribution in [1.29, 1.82) is 0 Å². The molecule has 1 aliphatic rings. The van der Waals surface area contributed by atoms with Gasteiger partial charge in [-0.1, -0.05) is 45.7 Å². The molecule has 0 radical (unpaired) electrons. The van der Waals surface area contributed by atoms with Crippen molar-refractivity contribution in [2.45, 2.75) is 44.4 Å². The van der Waals surface area contributed by atoms with E-state index >= 15 is 0 Å². The minimum atomic E-state index is -3.62. The summed E-state index contributed by atoms with van der Waals surface area (Å²) in [6.07, 6.45) is 2.95. The minimum absolute atomic E-state index is 0.113. The summed E-state index contributed by atoms with van der Waals surface area (Å²) in [5.74, 6) is -0.487. The molecule has 0 saturated carbocycles. The van der Waals surface area contributed by atoms with E-state index in [9.17, 15) is 13.2 Å². The number of sulfonamides is 1. The number of halogens is 2. The molecule has 2 aromatic carbocycles. The van der Waals surface area contributed by atoms with Crippen LogP contribution in [-0.2, 0) is 27.7 Å². The molecule has 1 amide bonds. The van der Waals surface area contributed by atoms with E-state index in [4.69, 9.17) is 0 Å². The van der Waals surface area contributed by atoms with Gasteiger partial charge in [-0.05, 0) is 73.2 Å². The smallest absolute Gasteiger partial charge is 0.243 e. The summed E-state index contributed by atoms with van der Waals surface area (Å²) in [6, 6.07) is 10.7. The standard InChI is InChI=1S/C22H26Br2N2O3S/c1-3-15-12-19(24)13-16(4-2)21(15)25-22(27)17-6-5-11-26(14-17)30(28,29)20-9-7-18(23)8-10-20/h7-10,12-13,17H,3-6,11,14H2,1-2H3,(H,25,27). The van der Waals surface area contributed by atoms with E-state index in [1.54, 1.807) is 24.3 Å². The normalized spacial score (nSPS) is 17.7. The molecule has 1 saturated heterocycles. The summed E-state index contributed by atoms with van der Waals surface area (Å²) in [5.41, 5.74) is 3.01. The van der Waals surface area contributed by atoms with Crippen molar-refractivity contribution >= 4 is 53.5 Å². The molecular formula is C22H26Br2N2O3S. The quantitative estimate of drug-likeness (QED) is 0.519. The van der Waals surface area contributed by atoms with Crippen molar-refractivity contribution in [1.82, 2.24) is 4.31 Å². The van der Waals surface area contributed by atoms with Crippen LogP contribution in [0.25, 0.3) is 0 Å². The van der Waals surface area contributed by atoms with Crippen molar-refractivity contribution in [3.63, 3.8) is 0 Å². The fraction of sp³-hybridized carbons (Fsp3) is 0.409. The number of amides is 1. The van der Waals surface area contributed by atoms with E-state index in [1.165, 1.54) is 4.31 Å². The van der Waals surface area contributed by atoms with Crippen LogP contribution in [0.4, 0.5) is 5.69 Å². The molecule has 8 heteroatoms. The number of piperidine rings is 1. The Hall–Kier alpha value is -1.22. The van der Waals surface area contributed by atoms with Gasteiger partial charge in [0.1, 0.15) is 0 Å². The van der Waals surface area contributed by atoms with Crippen molar-refractivity contribution in [3.05, 3.63) is 56.5 Å². The Labute approximate surface area is 195 Å². The molecule has 3 rings (SSSR count). The Morgan fingerprint density at radius 3 is 2.23 bits per heavy atom. The third kappa shape index (κ3) is 5.15. The topological polar surface area (TPSA) is 66.5 Å². The molecule has 162 valence electrons. The van der Waals surface area contributed by atoms with E-state index in [0.717, 1.165) is 38.6 Å². The van der Waals surface area contributed by atoms with Crippen LogP contribution in [0.3, 0.4) is 0 Å². The molecular weight excluding hydrogens is 532 g/mol. The van der Waals surface area contributed by atoms with Gasteiger partial charge in [-0.2, -0.15) is 4.31 Å². The summed E-state index contributed by atoms with van der Waals surface area (Å²) in [5, 5.41) is 3.11. The number of nitrogens with one attached hydrogen (secondary N) is 1. The molecule has 1 atom stereocenters. The zero-order chi connectivity index (χ0) is 21.9. The van der Waals surface area contributed by atoms with Gasteiger partial charge in [-0.15, -0.1) is 0 Å². The van der Waals surface area contributed by atoms with Crippen LogP contribution in [0.15, 0.2) is 50.2 Å². The lowest BCUT2D eigenvalue weighted by Gasteiger charge is -2.31. The van der Waals surface area contributed by atoms with Gasteiger partial charge in [0.2, 0.25) is 15.9 Å². The fourth-order valence-corrected chi connectivity index (χ4v) is 6.14. The van der Waals surface area contributed by atoms with Crippen molar-refractivity contribution in [3.8, 4) is 0 Å². The Morgan fingerprint density at radius 1 is 1.07 bits per heavy atom. The molecule has 0 aromatic heterocycles. The van der Waals surface area contributed by atoms with Gasteiger partial charge < -0.3 is 5.32 Å². The summed E-state index contributed by atoms with van der Waals surface area (Å²) in [6.45, 7) is 4.75. The van der Waals surface area contributed by atoms with Gasteiger partial charge in [0.05, 0.1) is 10.8 Å². The number of benzene rings is 2. The number of anilines is 1. The number of hydrogen-bond acceptors (Lipinski definition) is 3. The highest BCUT2D eigenvalue weighted by molar-refractivity contribution is 9.10. The molecule has 1 unspecified atom stereocenters. The second kappa shape index (κ2) is 9.94. The Balaban J connectivity index is 1.79. The number of hydrogen-bond donors (Lipinski definition) is 1. The minimum Gasteiger partial charge on any atom is -0.325 e. The Morgan fingerprint density at radius 2 is 1.67 bits per heavy atom. The first kappa shape index (κ1) is 23.4. The summed E-state index contributed by atoms with van der Waals surface area (Å²) < 4.78 is 29.3. The number of aryl methyl sites for hydroxylation is 2. The average molecular weight is 558 g/mol. The van der Waals surface area contributed by atoms with Crippen LogP contribution in [0.1, 0.15) is 37.8 Å². The SMILES string of the molecule is CCc1cc(Br)cc(CC)c1NC(=O)C1CCCN(S(=O)(=O)c2ccc(Br)cc2)C1. The number of carbonyl (C=O) groups is 1. The van der Waals surface area contributed by atoms with Crippen LogP contribution in [-0.4, -0.2) is 31.7 Å². The summed E-state index contributed by atoms with van der Waals surface area (Å²) in [7, 11) is -3.62. The van der Waals surface area contributed by atoms with Crippen LogP contribution >= 0.6 is 31.9 Å². The molecule has 1 aliphatic heterocycles. The van der Waals surface area contributed by atoms with Crippen LogP contribution in [0.2, 0.25) is 0 Å². The van der Waals surface area contributed by atoms with Gasteiger partial charge in [0, 0.05) is 27.7 Å². The molecule has 0 spiro atoms. The summed E-state index contributed by atoms with van der Waals surface area (Å²) in [4.78, 5) is 13.3. The lowest BCUT2D eigenvalue weighted by atomic mass is 9.97. The third-order valence-electron chi connectivity index (χ3n) is 5.48. The largest absolute Gasteiger partial charge is 0.325 e. The van der Waals surface area contributed by atoms with Gasteiger partial charge in [0.15, 0.2) is 0 Å². The maximum absolute atomic E-state index is 13.1. The molecule has 2 aromatic rings. The predicted octanol–water partition coefficient (Wildman–Crippen LogP) is 5.38. The molecule has 0 bridgehead atoms. The second-order valence-corrected chi connectivity index (χ2v) is 11.2. The first-order valence-electron chi connectivity index (χ1n) is 10.1. The first-order valence-corrected chi connectivity index (χ1v) is 13.2. The highest BCUT2D eigenvalue weighted by Gasteiger charge is 2.33. The van der Waals surface area contributed by atoms with Crippen LogP contribution < -0.4 is 5.32 Å². The third-order valence-corrected chi connectivity index (χ3v) is 8.35. The lowest BCUT2D eigenvalue weighted by molar-refractivity contribution is -0.120. The van der Waals surface area contributed by atoms with Gasteiger partial charge in [-0.25, -0.2) is 8.42 Å². The van der Waals surface area contributed by atoms with Crippen molar-refractivity contribution < 1.29 is 13.2 Å². The molecule has 5 nitrogen and oxygen atoms in total. The first-order chi connectivity index (χ1) is 14.3. The molecule has 1 heterocycles. The van der Waals surface area contributed by atoms with Crippen LogP contribution in [0.5, 0.6) is 0 Å². The van der Waals surface area contributed by atoms with E-state index < -0.39 is 10.0 Å². The van der Waals surface area contributed by atoms with Crippen LogP contribution in [0, 0.1) is 5.92 Å². The zero-order valence-corrected chi connectivity index (χ0v) is 21.1. The van der Waals surface area contributed by atoms with Gasteiger partial charge >= 0.3 is 0 Å². The van der Waals surface area contributed by atoms with Gasteiger partial charge in [0.25, 0.3) is 0 Å². The lowest BCUT2D eigenvalue weighted by Crippen LogP contribution is -2.43. The maximum atomic E-state index is 13.1. The molecule has 1 N–H and O–H groups in total. The van der Waals surface area contributed by atoms with Crippen molar-refractivity contribution in [2.75, 3.05) is 18.4 Å². The Kier molecular flexibility index (Phi) is 7.76. The fourth-order valence-electron chi connectivity index (χ4n) is 3.80. The monoisotopic (exact) mass is 556 g/mol. The highest BCUT2D eigenvalue weighted by Crippen LogP contribution is 2.30. The van der Waals surface area contributed by atoms with E-state index in [-0.39, 0.29) is 23.3 Å². The number of rotatable bonds is 6. The number of carbonyl (C=O) groups excluding carboxylic acids is 1. The van der Waals surface area contributed by atoms with Gasteiger partial charge in [-0.3, -0.25) is 4.79 Å².